The summed E-state index contributed by atoms with van der Waals surface area (Å²) < 4.78 is 4.90. The predicted molar refractivity (Wildman–Crippen MR) is 202 cm³/mol. The molecule has 0 amide bonds. The van der Waals surface area contributed by atoms with E-state index in [1.54, 1.807) is 0 Å². The molecular formula is C46H32N2. The van der Waals surface area contributed by atoms with Crippen molar-refractivity contribution in [2.24, 2.45) is 0 Å². The van der Waals surface area contributed by atoms with E-state index in [1.807, 2.05) is 0 Å². The normalized spacial score (nSPS) is 14.3. The molecular weight excluding hydrogens is 581 g/mol. The lowest BCUT2D eigenvalue weighted by molar-refractivity contribution is 0.826. The van der Waals surface area contributed by atoms with Gasteiger partial charge in [0.1, 0.15) is 0 Å². The molecule has 0 radical (unpaired) electrons. The van der Waals surface area contributed by atoms with E-state index in [9.17, 15) is 0 Å². The maximum Gasteiger partial charge on any atom is 0.0541 e. The van der Waals surface area contributed by atoms with Crippen LogP contribution in [-0.2, 0) is 6.42 Å². The molecule has 2 heteroatoms. The molecule has 48 heavy (non-hydrogen) atoms. The zero-order valence-electron chi connectivity index (χ0n) is 26.4. The highest BCUT2D eigenvalue weighted by Crippen LogP contribution is 2.41. The zero-order chi connectivity index (χ0) is 31.6. The van der Waals surface area contributed by atoms with Gasteiger partial charge in [-0.25, -0.2) is 0 Å². The third kappa shape index (κ3) is 4.13. The fourth-order valence-corrected chi connectivity index (χ4v) is 8.05. The number of fused-ring (bicyclic) bond motifs is 7. The fourth-order valence-electron chi connectivity index (χ4n) is 8.05. The van der Waals surface area contributed by atoms with Gasteiger partial charge in [-0.2, -0.15) is 0 Å². The lowest BCUT2D eigenvalue weighted by Gasteiger charge is -2.20. The number of rotatable bonds is 4. The Hall–Kier alpha value is -6.12. The summed E-state index contributed by atoms with van der Waals surface area (Å²) in [6.07, 6.45) is 5.75. The second-order valence-corrected chi connectivity index (χ2v) is 12.9. The van der Waals surface area contributed by atoms with Gasteiger partial charge in [0.05, 0.1) is 22.2 Å². The minimum Gasteiger partial charge on any atom is -0.310 e. The van der Waals surface area contributed by atoms with Crippen LogP contribution in [-0.4, -0.2) is 9.13 Å². The summed E-state index contributed by atoms with van der Waals surface area (Å²) in [5, 5.41) is 6.44. The van der Waals surface area contributed by atoms with Crippen molar-refractivity contribution >= 4 is 49.6 Å². The maximum absolute atomic E-state index is 2.45. The molecule has 1 atom stereocenters. The molecule has 0 spiro atoms. The number of allylic oxidation sites excluding steroid dienone is 1. The molecule has 0 saturated heterocycles. The Morgan fingerprint density at radius 3 is 2.04 bits per heavy atom. The number of hydrogen-bond donors (Lipinski definition) is 0. The Bertz CT molecular complexity index is 2700. The van der Waals surface area contributed by atoms with Crippen LogP contribution in [0.2, 0.25) is 0 Å². The highest BCUT2D eigenvalue weighted by Gasteiger charge is 2.25. The molecule has 10 rings (SSSR count). The average Bonchev–Trinajstić information content (AvgIpc) is 3.67. The van der Waals surface area contributed by atoms with Crippen LogP contribution in [0.15, 0.2) is 170 Å². The summed E-state index contributed by atoms with van der Waals surface area (Å²) in [7, 11) is 0. The minimum atomic E-state index is 0.288. The molecule has 0 fully saturated rings. The van der Waals surface area contributed by atoms with Crippen LogP contribution < -0.4 is 0 Å². The number of nitrogens with zero attached hydrogens (tertiary/aromatic N) is 2. The summed E-state index contributed by atoms with van der Waals surface area (Å²) >= 11 is 0. The number of aromatic nitrogens is 2. The first-order chi connectivity index (χ1) is 23.8. The fraction of sp³-hybridized carbons (Fsp3) is 0.0435. The van der Waals surface area contributed by atoms with Gasteiger partial charge in [-0.1, -0.05) is 127 Å². The molecule has 9 aromatic rings. The zero-order valence-corrected chi connectivity index (χ0v) is 26.4. The average molecular weight is 613 g/mol. The van der Waals surface area contributed by atoms with Gasteiger partial charge >= 0.3 is 0 Å². The van der Waals surface area contributed by atoms with Crippen molar-refractivity contribution in [1.29, 1.82) is 0 Å². The van der Waals surface area contributed by atoms with Gasteiger partial charge < -0.3 is 9.13 Å². The van der Waals surface area contributed by atoms with Crippen molar-refractivity contribution in [2.45, 2.75) is 12.3 Å². The van der Waals surface area contributed by atoms with Gasteiger partial charge in [0.25, 0.3) is 0 Å². The molecule has 0 bridgehead atoms. The van der Waals surface area contributed by atoms with Crippen LogP contribution in [0.4, 0.5) is 0 Å². The largest absolute Gasteiger partial charge is 0.310 e. The van der Waals surface area contributed by atoms with E-state index in [1.165, 1.54) is 82.8 Å². The predicted octanol–water partition coefficient (Wildman–Crippen LogP) is 11.9. The standard InChI is InChI=1S/C46H32N2/c1-2-13-32(14-3-1)37-16-6-9-19-42(37)48-44-21-11-8-18-39(44)41-30-35(24-27-46(41)48)34-23-26-45-40(29-34)38-17-7-10-20-43(38)47(45)36-25-22-31-12-4-5-15-33(31)28-36/h1-28,30,34H,29H2. The Kier molecular flexibility index (Phi) is 6.04. The molecule has 2 heterocycles. The summed E-state index contributed by atoms with van der Waals surface area (Å²) in [5.74, 6) is 0.288. The van der Waals surface area contributed by atoms with Crippen LogP contribution in [0.3, 0.4) is 0 Å². The smallest absolute Gasteiger partial charge is 0.0541 e. The first-order valence-electron chi connectivity index (χ1n) is 16.8. The Balaban J connectivity index is 1.10. The molecule has 2 aromatic heterocycles. The lowest BCUT2D eigenvalue weighted by atomic mass is 9.86. The van der Waals surface area contributed by atoms with Crippen molar-refractivity contribution in [3.05, 3.63) is 187 Å². The highest BCUT2D eigenvalue weighted by molar-refractivity contribution is 6.10. The summed E-state index contributed by atoms with van der Waals surface area (Å²) in [5.41, 5.74) is 12.7. The van der Waals surface area contributed by atoms with Gasteiger partial charge in [-0.15, -0.1) is 0 Å². The summed E-state index contributed by atoms with van der Waals surface area (Å²) in [6, 6.07) is 59.8. The molecule has 0 saturated carbocycles. The monoisotopic (exact) mass is 612 g/mol. The van der Waals surface area contributed by atoms with E-state index in [4.69, 9.17) is 0 Å². The Morgan fingerprint density at radius 2 is 1.17 bits per heavy atom. The van der Waals surface area contributed by atoms with Crippen molar-refractivity contribution in [3.63, 3.8) is 0 Å². The lowest BCUT2D eigenvalue weighted by Crippen LogP contribution is -2.07. The first-order valence-corrected chi connectivity index (χ1v) is 16.8. The third-order valence-corrected chi connectivity index (χ3v) is 10.3. The second-order valence-electron chi connectivity index (χ2n) is 12.9. The minimum absolute atomic E-state index is 0.288. The van der Waals surface area contributed by atoms with Gasteiger partial charge in [-0.05, 0) is 82.4 Å². The van der Waals surface area contributed by atoms with Crippen LogP contribution >= 0.6 is 0 Å². The molecule has 1 aliphatic carbocycles. The molecule has 0 N–H and O–H groups in total. The Labute approximate surface area is 279 Å². The summed E-state index contributed by atoms with van der Waals surface area (Å²) in [4.78, 5) is 0. The SMILES string of the molecule is C1=CC(c2ccc3c(c2)c2ccccc2n3-c2ccccc2-c2ccccc2)Cc2c1n(-c1ccc3ccccc3c1)c1ccccc21. The van der Waals surface area contributed by atoms with Gasteiger partial charge in [0.2, 0.25) is 0 Å². The highest BCUT2D eigenvalue weighted by atomic mass is 15.0. The van der Waals surface area contributed by atoms with Crippen LogP contribution in [0, 0.1) is 0 Å². The molecule has 0 aliphatic heterocycles. The number of benzene rings is 7. The van der Waals surface area contributed by atoms with Crippen molar-refractivity contribution in [2.75, 3.05) is 0 Å². The summed E-state index contributed by atoms with van der Waals surface area (Å²) in [6.45, 7) is 0. The van der Waals surface area contributed by atoms with Crippen LogP contribution in [0.5, 0.6) is 0 Å². The van der Waals surface area contributed by atoms with E-state index in [0.717, 1.165) is 6.42 Å². The van der Waals surface area contributed by atoms with E-state index < -0.39 is 0 Å². The maximum atomic E-state index is 2.45. The molecule has 226 valence electrons. The molecule has 7 aromatic carbocycles. The van der Waals surface area contributed by atoms with Gasteiger partial charge in [0, 0.05) is 39.0 Å². The first kappa shape index (κ1) is 27.0. The van der Waals surface area contributed by atoms with E-state index in [-0.39, 0.29) is 5.92 Å². The third-order valence-electron chi connectivity index (χ3n) is 10.3. The van der Waals surface area contributed by atoms with Gasteiger partial charge in [0.15, 0.2) is 0 Å². The van der Waals surface area contributed by atoms with Crippen LogP contribution in [0.1, 0.15) is 22.7 Å². The topological polar surface area (TPSA) is 9.86 Å². The number of hydrogen-bond acceptors (Lipinski definition) is 0. The van der Waals surface area contributed by atoms with E-state index in [2.05, 4.69) is 185 Å². The Morgan fingerprint density at radius 1 is 0.479 bits per heavy atom. The second kappa shape index (κ2) is 10.7. The van der Waals surface area contributed by atoms with Crippen molar-refractivity contribution < 1.29 is 0 Å². The number of para-hydroxylation sites is 3. The van der Waals surface area contributed by atoms with E-state index in [0.29, 0.717) is 0 Å². The molecule has 1 aliphatic rings. The van der Waals surface area contributed by atoms with Gasteiger partial charge in [-0.3, -0.25) is 0 Å². The van der Waals surface area contributed by atoms with Crippen LogP contribution in [0.25, 0.3) is 72.1 Å². The van der Waals surface area contributed by atoms with E-state index >= 15 is 0 Å². The molecule has 2 nitrogen and oxygen atoms in total. The van der Waals surface area contributed by atoms with Crippen molar-refractivity contribution in [3.8, 4) is 22.5 Å². The molecule has 1 unspecified atom stereocenters. The quantitative estimate of drug-likeness (QED) is 0.187. The van der Waals surface area contributed by atoms with Crippen molar-refractivity contribution in [1.82, 2.24) is 9.13 Å².